The van der Waals surface area contributed by atoms with Gasteiger partial charge in [-0.1, -0.05) is 96.1 Å². The van der Waals surface area contributed by atoms with Gasteiger partial charge in [-0.2, -0.15) is 0 Å². The van der Waals surface area contributed by atoms with E-state index in [0.717, 1.165) is 0 Å². The molecule has 5 N–H and O–H groups in total. The van der Waals surface area contributed by atoms with Gasteiger partial charge in [0.25, 0.3) is 0 Å². The van der Waals surface area contributed by atoms with Gasteiger partial charge in [-0.05, 0) is 57.9 Å². The molecule has 1 heterocycles. The Bertz CT molecular complexity index is 1450. The number of nitrogens with zero attached hydrogens (tertiary/aromatic N) is 1. The molecule has 0 bridgehead atoms. The summed E-state index contributed by atoms with van der Waals surface area (Å²) >= 11 is 0. The van der Waals surface area contributed by atoms with Gasteiger partial charge in [-0.3, -0.25) is 0 Å². The molecule has 3 aromatic carbocycles. The van der Waals surface area contributed by atoms with Crippen molar-refractivity contribution >= 4 is 19.2 Å². The fraction of sp³-hybridized carbons (Fsp3) is 0.281. The minimum Gasteiger partial charge on any atom is -0.507 e. The van der Waals surface area contributed by atoms with Crippen LogP contribution in [-0.4, -0.2) is 10.1 Å². The number of aromatic nitrogens is 1. The lowest BCUT2D eigenvalue weighted by Gasteiger charge is -2.32. The van der Waals surface area contributed by atoms with Crippen molar-refractivity contribution in [2.45, 2.75) is 58.0 Å². The molecule has 1 aromatic heterocycles. The second kappa shape index (κ2) is 10.9. The first-order valence-electron chi connectivity index (χ1n) is 13.2. The molecule has 0 aliphatic heterocycles. The molecule has 0 aliphatic carbocycles. The van der Waals surface area contributed by atoms with Crippen molar-refractivity contribution in [1.82, 2.24) is 4.98 Å². The topological polar surface area (TPSA) is 121 Å². The van der Waals surface area contributed by atoms with Crippen molar-refractivity contribution in [2.75, 3.05) is 11.5 Å². The Labute approximate surface area is 236 Å². The van der Waals surface area contributed by atoms with E-state index in [1.54, 1.807) is 60.7 Å². The molecule has 40 heavy (non-hydrogen) atoms. The van der Waals surface area contributed by atoms with Crippen LogP contribution in [0.1, 0.15) is 69.5 Å². The van der Waals surface area contributed by atoms with Crippen LogP contribution in [0, 0.1) is 0 Å². The Morgan fingerprint density at radius 2 is 1.20 bits per heavy atom. The second-order valence-corrected chi connectivity index (χ2v) is 13.9. The van der Waals surface area contributed by atoms with Crippen LogP contribution < -0.4 is 20.5 Å². The zero-order valence-electron chi connectivity index (χ0n) is 23.9. The van der Waals surface area contributed by atoms with Crippen LogP contribution in [0.15, 0.2) is 84.9 Å². The highest BCUT2D eigenvalue weighted by atomic mass is 31.2. The predicted octanol–water partition coefficient (Wildman–Crippen LogP) is 7.99. The number of hydrogen-bond acceptors (Lipinski definition) is 7. The maximum Gasteiger partial charge on any atom is 0.442 e. The largest absolute Gasteiger partial charge is 0.507 e. The number of aromatic hydroxyl groups is 1. The number of rotatable bonds is 7. The Hall–Kier alpha value is -3.96. The van der Waals surface area contributed by atoms with E-state index in [0.29, 0.717) is 33.8 Å². The van der Waals surface area contributed by atoms with Crippen LogP contribution in [0.3, 0.4) is 0 Å². The normalized spacial score (nSPS) is 13.1. The molecule has 0 saturated heterocycles. The monoisotopic (exact) mass is 559 g/mol. The van der Waals surface area contributed by atoms with Crippen LogP contribution in [0.5, 0.6) is 17.2 Å². The maximum atomic E-state index is 15.3. The van der Waals surface area contributed by atoms with Crippen molar-refractivity contribution in [3.8, 4) is 17.2 Å². The maximum absolute atomic E-state index is 15.3. The molecule has 210 valence electrons. The van der Waals surface area contributed by atoms with Crippen LogP contribution in [0.2, 0.25) is 0 Å². The molecule has 0 spiro atoms. The number of phenols is 1. The van der Waals surface area contributed by atoms with Crippen molar-refractivity contribution in [3.63, 3.8) is 0 Å². The van der Waals surface area contributed by atoms with Crippen molar-refractivity contribution in [2.24, 2.45) is 0 Å². The third kappa shape index (κ3) is 6.26. The first-order valence-corrected chi connectivity index (χ1v) is 14.8. The van der Waals surface area contributed by atoms with Crippen molar-refractivity contribution in [3.05, 3.63) is 107 Å². The summed E-state index contributed by atoms with van der Waals surface area (Å²) in [6.45, 7) is 12.1. The van der Waals surface area contributed by atoms with Gasteiger partial charge in [0, 0.05) is 5.56 Å². The van der Waals surface area contributed by atoms with E-state index in [2.05, 4.69) is 4.98 Å². The second-order valence-electron chi connectivity index (χ2n) is 11.9. The zero-order chi connectivity index (χ0) is 29.3. The van der Waals surface area contributed by atoms with Gasteiger partial charge in [-0.25, -0.2) is 9.55 Å². The Morgan fingerprint density at radius 1 is 0.750 bits per heavy atom. The van der Waals surface area contributed by atoms with Crippen LogP contribution in [0.25, 0.3) is 0 Å². The van der Waals surface area contributed by atoms with E-state index in [-0.39, 0.29) is 17.4 Å². The van der Waals surface area contributed by atoms with Gasteiger partial charge in [-0.15, -0.1) is 0 Å². The first kappa shape index (κ1) is 29.0. The molecule has 0 aliphatic rings. The highest BCUT2D eigenvalue weighted by molar-refractivity contribution is 7.55. The van der Waals surface area contributed by atoms with Gasteiger partial charge >= 0.3 is 7.60 Å². The molecule has 0 amide bonds. The average Bonchev–Trinajstić information content (AvgIpc) is 2.86. The lowest BCUT2D eigenvalue weighted by Crippen LogP contribution is -2.20. The summed E-state index contributed by atoms with van der Waals surface area (Å²) in [6.07, 6.45) is 0. The van der Waals surface area contributed by atoms with Gasteiger partial charge in [0.2, 0.25) is 0 Å². The number of phenolic OH excluding ortho intramolecular Hbond substituents is 1. The Morgan fingerprint density at radius 3 is 1.60 bits per heavy atom. The fourth-order valence-electron chi connectivity index (χ4n) is 4.60. The molecular formula is C32H38N3O4P. The summed E-state index contributed by atoms with van der Waals surface area (Å²) in [7, 11) is -4.16. The fourth-order valence-corrected chi connectivity index (χ4v) is 6.76. The summed E-state index contributed by atoms with van der Waals surface area (Å²) < 4.78 is 27.9. The van der Waals surface area contributed by atoms with Gasteiger partial charge in [0.05, 0.1) is 0 Å². The quantitative estimate of drug-likeness (QED) is 0.196. The van der Waals surface area contributed by atoms with E-state index in [1.807, 2.05) is 65.8 Å². The molecule has 1 atom stereocenters. The molecular weight excluding hydrogens is 521 g/mol. The van der Waals surface area contributed by atoms with Crippen LogP contribution in [0.4, 0.5) is 11.6 Å². The molecule has 7 nitrogen and oxygen atoms in total. The molecule has 1 unspecified atom stereocenters. The number of nitrogens with two attached hydrogens (primary N) is 2. The molecule has 4 aromatic rings. The lowest BCUT2D eigenvalue weighted by molar-refractivity contribution is 0.377. The predicted molar refractivity (Wildman–Crippen MR) is 162 cm³/mol. The number of pyridine rings is 1. The SMILES string of the molecule is CC(C)(C)c1cc(C(c2ccc(N)nc2N)P(=O)(Oc2ccccc2)Oc2ccccc2)cc(C(C)(C)C)c1O. The highest BCUT2D eigenvalue weighted by Crippen LogP contribution is 2.64. The first-order chi connectivity index (χ1) is 18.7. The van der Waals surface area contributed by atoms with Crippen molar-refractivity contribution in [1.29, 1.82) is 0 Å². The lowest BCUT2D eigenvalue weighted by atomic mass is 9.78. The van der Waals surface area contributed by atoms with E-state index >= 15 is 4.57 Å². The molecule has 0 radical (unpaired) electrons. The number of nitrogen functional groups attached to an aromatic ring is 2. The number of hydrogen-bond donors (Lipinski definition) is 3. The van der Waals surface area contributed by atoms with Gasteiger partial charge in [0.1, 0.15) is 34.5 Å². The number of anilines is 2. The summed E-state index contributed by atoms with van der Waals surface area (Å²) in [6, 6.07) is 24.8. The zero-order valence-corrected chi connectivity index (χ0v) is 24.8. The smallest absolute Gasteiger partial charge is 0.442 e. The highest BCUT2D eigenvalue weighted by Gasteiger charge is 2.44. The van der Waals surface area contributed by atoms with Crippen LogP contribution >= 0.6 is 7.60 Å². The summed E-state index contributed by atoms with van der Waals surface area (Å²) in [4.78, 5) is 4.28. The third-order valence-electron chi connectivity index (χ3n) is 6.61. The summed E-state index contributed by atoms with van der Waals surface area (Å²) in [5.74, 6) is 1.30. The van der Waals surface area contributed by atoms with Crippen LogP contribution in [-0.2, 0) is 15.4 Å². The molecule has 0 saturated carbocycles. The minimum absolute atomic E-state index is 0.112. The number of para-hydroxylation sites is 2. The minimum atomic E-state index is -4.16. The average molecular weight is 560 g/mol. The third-order valence-corrected chi connectivity index (χ3v) is 8.74. The van der Waals surface area contributed by atoms with Crippen molar-refractivity contribution < 1.29 is 18.7 Å². The summed E-state index contributed by atoms with van der Waals surface area (Å²) in [5.41, 5.74) is 13.0. The van der Waals surface area contributed by atoms with E-state index in [4.69, 9.17) is 20.5 Å². The van der Waals surface area contributed by atoms with E-state index < -0.39 is 24.1 Å². The Kier molecular flexibility index (Phi) is 7.91. The Balaban J connectivity index is 2.07. The van der Waals surface area contributed by atoms with E-state index in [9.17, 15) is 5.11 Å². The molecule has 0 fully saturated rings. The van der Waals surface area contributed by atoms with E-state index in [1.165, 1.54) is 0 Å². The molecule has 4 rings (SSSR count). The standard InChI is InChI=1S/C32H38N3O4P/c1-31(2,3)25-19-21(20-26(28(25)36)32(4,5)6)29(24-17-18-27(33)35-30(24)34)40(37,38-22-13-9-7-10-14-22)39-23-15-11-8-12-16-23/h7-20,29,36H,1-6H3,(H4,33,34,35). The summed E-state index contributed by atoms with van der Waals surface area (Å²) in [5, 5.41) is 11.4. The number of benzene rings is 3. The molecule has 8 heteroatoms. The van der Waals surface area contributed by atoms with Gasteiger partial charge in [0.15, 0.2) is 0 Å². The van der Waals surface area contributed by atoms with Gasteiger partial charge < -0.3 is 25.6 Å².